The fourth-order valence-electron chi connectivity index (χ4n) is 3.15. The van der Waals surface area contributed by atoms with Gasteiger partial charge in [-0.25, -0.2) is 0 Å². The van der Waals surface area contributed by atoms with Crippen LogP contribution in [0.2, 0.25) is 0 Å². The molecule has 0 aliphatic heterocycles. The van der Waals surface area contributed by atoms with Crippen molar-refractivity contribution in [3.05, 3.63) is 23.3 Å². The Morgan fingerprint density at radius 2 is 1.68 bits per heavy atom. The van der Waals surface area contributed by atoms with Gasteiger partial charge in [0.05, 0.1) is 0 Å². The van der Waals surface area contributed by atoms with Crippen LogP contribution in [0.15, 0.2) is 23.3 Å². The Kier molecular flexibility index (Phi) is 6.89. The molecule has 0 aromatic carbocycles. The van der Waals surface area contributed by atoms with Crippen molar-refractivity contribution in [1.29, 1.82) is 0 Å². The van der Waals surface area contributed by atoms with Gasteiger partial charge in [0, 0.05) is 0 Å². The maximum Gasteiger partial charge on any atom is -0.0170 e. The molecular weight excluding hydrogens is 228 g/mol. The number of hydrogen-bond donors (Lipinski definition) is 0. The Bertz CT molecular complexity index is 313. The first kappa shape index (κ1) is 16.5. The van der Waals surface area contributed by atoms with Gasteiger partial charge in [-0.3, -0.25) is 0 Å². The third-order valence-corrected chi connectivity index (χ3v) is 5.20. The highest BCUT2D eigenvalue weighted by Gasteiger charge is 2.21. The van der Waals surface area contributed by atoms with E-state index < -0.39 is 0 Å². The van der Waals surface area contributed by atoms with Crippen LogP contribution in [0.4, 0.5) is 0 Å². The summed E-state index contributed by atoms with van der Waals surface area (Å²) in [5.74, 6) is 2.22. The van der Waals surface area contributed by atoms with Crippen LogP contribution in [0.1, 0.15) is 79.6 Å². The van der Waals surface area contributed by atoms with Gasteiger partial charge in [-0.2, -0.15) is 0 Å². The fourth-order valence-corrected chi connectivity index (χ4v) is 3.15. The quantitative estimate of drug-likeness (QED) is 0.477. The van der Waals surface area contributed by atoms with Crippen LogP contribution < -0.4 is 0 Å². The van der Waals surface area contributed by atoms with E-state index in [9.17, 15) is 0 Å². The molecule has 0 N–H and O–H groups in total. The first-order valence-electron chi connectivity index (χ1n) is 8.35. The van der Waals surface area contributed by atoms with Crippen LogP contribution in [0, 0.1) is 17.8 Å². The lowest BCUT2D eigenvalue weighted by Gasteiger charge is -2.28. The molecule has 1 saturated carbocycles. The van der Waals surface area contributed by atoms with Gasteiger partial charge in [0.2, 0.25) is 0 Å². The number of rotatable bonds is 6. The van der Waals surface area contributed by atoms with Crippen molar-refractivity contribution in [3.63, 3.8) is 0 Å². The van der Waals surface area contributed by atoms with Crippen LogP contribution in [-0.4, -0.2) is 0 Å². The largest absolute Gasteiger partial charge is 0.0953 e. The molecule has 0 spiro atoms. The molecule has 0 aromatic heterocycles. The van der Waals surface area contributed by atoms with Crippen LogP contribution >= 0.6 is 0 Å². The average molecular weight is 262 g/mol. The van der Waals surface area contributed by atoms with Crippen molar-refractivity contribution in [2.24, 2.45) is 17.8 Å². The van der Waals surface area contributed by atoms with Crippen LogP contribution in [-0.2, 0) is 0 Å². The molecule has 110 valence electrons. The second kappa shape index (κ2) is 7.92. The summed E-state index contributed by atoms with van der Waals surface area (Å²) in [6.45, 7) is 16.0. The number of allylic oxidation sites excluding steroid dienone is 3. The maximum absolute atomic E-state index is 4.45. The molecule has 0 bridgehead atoms. The minimum Gasteiger partial charge on any atom is -0.0953 e. The Morgan fingerprint density at radius 1 is 1.11 bits per heavy atom. The van der Waals surface area contributed by atoms with E-state index in [0.29, 0.717) is 11.8 Å². The van der Waals surface area contributed by atoms with Crippen molar-refractivity contribution in [2.75, 3.05) is 0 Å². The molecule has 0 nitrogen and oxygen atoms in total. The van der Waals surface area contributed by atoms with E-state index in [1.807, 2.05) is 0 Å². The van der Waals surface area contributed by atoms with Gasteiger partial charge in [0.25, 0.3) is 0 Å². The van der Waals surface area contributed by atoms with E-state index in [4.69, 9.17) is 0 Å². The molecule has 1 atom stereocenters. The van der Waals surface area contributed by atoms with E-state index >= 15 is 0 Å². The summed E-state index contributed by atoms with van der Waals surface area (Å²) in [7, 11) is 0. The van der Waals surface area contributed by atoms with Gasteiger partial charge < -0.3 is 0 Å². The van der Waals surface area contributed by atoms with Crippen molar-refractivity contribution in [1.82, 2.24) is 0 Å². The van der Waals surface area contributed by atoms with Crippen molar-refractivity contribution in [3.8, 4) is 0 Å². The summed E-state index contributed by atoms with van der Waals surface area (Å²) in [6, 6.07) is 0. The predicted octanol–water partition coefficient (Wildman–Crippen LogP) is 6.53. The molecule has 1 aliphatic carbocycles. The molecule has 19 heavy (non-hydrogen) atoms. The zero-order valence-electron chi connectivity index (χ0n) is 13.9. The molecule has 0 heterocycles. The lowest BCUT2D eigenvalue weighted by atomic mass is 9.77. The Morgan fingerprint density at radius 3 is 2.16 bits per heavy atom. The molecule has 1 aliphatic rings. The first-order valence-corrected chi connectivity index (χ1v) is 8.35. The lowest BCUT2D eigenvalue weighted by Crippen LogP contribution is -2.14. The normalized spacial score (nSPS) is 20.3. The van der Waals surface area contributed by atoms with Crippen LogP contribution in [0.25, 0.3) is 0 Å². The maximum atomic E-state index is 4.45. The molecule has 1 unspecified atom stereocenters. The standard InChI is InChI=1S/C19H34/c1-7-15(4)19(17(6)16(5)14(2)3)13-18-11-9-8-10-12-18/h14,16,18H,6-13H2,1-5H3. The van der Waals surface area contributed by atoms with Gasteiger partial charge in [-0.15, -0.1) is 0 Å². The Balaban J connectivity index is 2.80. The summed E-state index contributed by atoms with van der Waals surface area (Å²) in [4.78, 5) is 0. The minimum absolute atomic E-state index is 0.611. The summed E-state index contributed by atoms with van der Waals surface area (Å²) < 4.78 is 0. The highest BCUT2D eigenvalue weighted by molar-refractivity contribution is 5.34. The van der Waals surface area contributed by atoms with Crippen LogP contribution in [0.3, 0.4) is 0 Å². The van der Waals surface area contributed by atoms with Gasteiger partial charge in [-0.05, 0) is 48.7 Å². The van der Waals surface area contributed by atoms with E-state index in [2.05, 4.69) is 41.2 Å². The zero-order chi connectivity index (χ0) is 14.4. The van der Waals surface area contributed by atoms with Gasteiger partial charge >= 0.3 is 0 Å². The highest BCUT2D eigenvalue weighted by atomic mass is 14.3. The lowest BCUT2D eigenvalue weighted by molar-refractivity contribution is 0.353. The van der Waals surface area contributed by atoms with E-state index in [-0.39, 0.29) is 0 Å². The van der Waals surface area contributed by atoms with E-state index in [1.165, 1.54) is 50.5 Å². The molecule has 0 amide bonds. The SMILES string of the molecule is C=C(C(CC1CCCCC1)=C(C)CC)C(C)C(C)C. The summed E-state index contributed by atoms with van der Waals surface area (Å²) >= 11 is 0. The molecule has 0 heteroatoms. The number of hydrogen-bond acceptors (Lipinski definition) is 0. The molecule has 0 radical (unpaired) electrons. The summed E-state index contributed by atoms with van der Waals surface area (Å²) in [5.41, 5.74) is 4.60. The molecule has 0 aromatic rings. The van der Waals surface area contributed by atoms with Gasteiger partial charge in [0.15, 0.2) is 0 Å². The molecular formula is C19H34. The van der Waals surface area contributed by atoms with Crippen molar-refractivity contribution in [2.45, 2.75) is 79.6 Å². The Hall–Kier alpha value is -0.520. The Labute approximate surface area is 121 Å². The third-order valence-electron chi connectivity index (χ3n) is 5.20. The molecule has 0 saturated heterocycles. The molecule has 1 fully saturated rings. The smallest absolute Gasteiger partial charge is 0.0170 e. The van der Waals surface area contributed by atoms with Gasteiger partial charge in [0.1, 0.15) is 0 Å². The average Bonchev–Trinajstić information content (AvgIpc) is 2.43. The third kappa shape index (κ3) is 4.82. The van der Waals surface area contributed by atoms with E-state index in [1.54, 1.807) is 11.1 Å². The second-order valence-electron chi connectivity index (χ2n) is 6.88. The van der Waals surface area contributed by atoms with E-state index in [0.717, 1.165) is 5.92 Å². The second-order valence-corrected chi connectivity index (χ2v) is 6.88. The van der Waals surface area contributed by atoms with Gasteiger partial charge in [-0.1, -0.05) is 72.0 Å². The van der Waals surface area contributed by atoms with Crippen molar-refractivity contribution >= 4 is 0 Å². The fraction of sp³-hybridized carbons (Fsp3) is 0.789. The first-order chi connectivity index (χ1) is 8.97. The summed E-state index contributed by atoms with van der Waals surface area (Å²) in [5, 5.41) is 0. The van der Waals surface area contributed by atoms with Crippen molar-refractivity contribution < 1.29 is 0 Å². The topological polar surface area (TPSA) is 0 Å². The summed E-state index contributed by atoms with van der Waals surface area (Å²) in [6.07, 6.45) is 9.66. The minimum atomic E-state index is 0.611. The molecule has 1 rings (SSSR count). The van der Waals surface area contributed by atoms with Crippen LogP contribution in [0.5, 0.6) is 0 Å². The monoisotopic (exact) mass is 262 g/mol. The highest BCUT2D eigenvalue weighted by Crippen LogP contribution is 2.36. The predicted molar refractivity (Wildman–Crippen MR) is 87.3 cm³/mol. The zero-order valence-corrected chi connectivity index (χ0v) is 13.9.